The molecule has 31 heavy (non-hydrogen) atoms. The number of urea groups is 1. The summed E-state index contributed by atoms with van der Waals surface area (Å²) in [5.41, 5.74) is -2.15. The van der Waals surface area contributed by atoms with Gasteiger partial charge in [0.15, 0.2) is 0 Å². The van der Waals surface area contributed by atoms with Crippen LogP contribution >= 0.6 is 0 Å². The molecule has 0 bridgehead atoms. The second-order valence-corrected chi connectivity index (χ2v) is 6.68. The van der Waals surface area contributed by atoms with Crippen LogP contribution in [-0.2, 0) is 6.18 Å². The number of alkyl halides is 3. The van der Waals surface area contributed by atoms with E-state index in [9.17, 15) is 33.1 Å². The molecule has 0 unspecified atom stereocenters. The molecule has 0 saturated carbocycles. The van der Waals surface area contributed by atoms with Crippen molar-refractivity contribution in [2.24, 2.45) is 0 Å². The Morgan fingerprint density at radius 3 is 2.61 bits per heavy atom. The first-order valence-electron chi connectivity index (χ1n) is 8.86. The molecule has 1 N–H and O–H groups in total. The van der Waals surface area contributed by atoms with Crippen molar-refractivity contribution in [1.29, 1.82) is 5.26 Å². The number of benzene rings is 1. The lowest BCUT2D eigenvalue weighted by molar-refractivity contribution is -0.141. The Labute approximate surface area is 172 Å². The van der Waals surface area contributed by atoms with Gasteiger partial charge in [-0.3, -0.25) is 14.8 Å². The summed E-state index contributed by atoms with van der Waals surface area (Å²) in [7, 11) is 0. The van der Waals surface area contributed by atoms with Gasteiger partial charge in [0.25, 0.3) is 0 Å². The van der Waals surface area contributed by atoms with Crippen LogP contribution in [0.25, 0.3) is 10.8 Å². The monoisotopic (exact) mass is 427 g/mol. The molecule has 8 nitrogen and oxygen atoms in total. The molecule has 11 heteroatoms. The second kappa shape index (κ2) is 7.24. The maximum Gasteiger partial charge on any atom is 0.433 e. The van der Waals surface area contributed by atoms with Crippen LogP contribution in [-0.4, -0.2) is 39.7 Å². The summed E-state index contributed by atoms with van der Waals surface area (Å²) >= 11 is 0. The number of aromatic carboxylic acids is 1. The standard InChI is InChI=1S/C20H12F3N5O3/c21-20(22,23)17-5-14(18(29)30)15(9-26-17)27-10-12(6-24)28(19(27)31)16-8-25-7-11-3-1-2-4-13(11)16/h1-5,7-9,12H,10H2,(H,29,30)/t12-/m1/s1. The Balaban J connectivity index is 1.82. The first-order valence-corrected chi connectivity index (χ1v) is 8.86. The van der Waals surface area contributed by atoms with Gasteiger partial charge in [-0.1, -0.05) is 24.3 Å². The van der Waals surface area contributed by atoms with E-state index < -0.39 is 35.5 Å². The van der Waals surface area contributed by atoms with Gasteiger partial charge in [-0.15, -0.1) is 0 Å². The summed E-state index contributed by atoms with van der Waals surface area (Å²) in [6.07, 6.45) is -1.19. The fraction of sp³-hybridized carbons (Fsp3) is 0.150. The van der Waals surface area contributed by atoms with Gasteiger partial charge in [-0.2, -0.15) is 18.4 Å². The third-order valence-corrected chi connectivity index (χ3v) is 4.85. The number of carboxylic acids is 1. The summed E-state index contributed by atoms with van der Waals surface area (Å²) < 4.78 is 38.9. The second-order valence-electron chi connectivity index (χ2n) is 6.68. The SMILES string of the molecule is N#C[C@@H]1CN(c2cnc(C(F)(F)F)cc2C(=O)O)C(=O)N1c1cncc2ccccc12. The van der Waals surface area contributed by atoms with Crippen molar-refractivity contribution in [3.05, 3.63) is 60.2 Å². The van der Waals surface area contributed by atoms with E-state index in [-0.39, 0.29) is 12.2 Å². The Bertz CT molecular complexity index is 1250. The number of fused-ring (bicyclic) bond motifs is 1. The highest BCUT2D eigenvalue weighted by molar-refractivity contribution is 6.13. The molecule has 3 heterocycles. The molecule has 1 aliphatic rings. The molecule has 1 aromatic carbocycles. The first-order chi connectivity index (χ1) is 14.7. The molecule has 4 rings (SSSR count). The van der Waals surface area contributed by atoms with Gasteiger partial charge < -0.3 is 5.11 Å². The minimum Gasteiger partial charge on any atom is -0.478 e. The Morgan fingerprint density at radius 2 is 1.94 bits per heavy atom. The maximum atomic E-state index is 13.2. The number of carbonyl (C=O) groups excluding carboxylic acids is 1. The maximum absolute atomic E-state index is 13.2. The average Bonchev–Trinajstić information content (AvgIpc) is 3.08. The van der Waals surface area contributed by atoms with Crippen molar-refractivity contribution in [3.8, 4) is 6.07 Å². The normalized spacial score (nSPS) is 16.6. The van der Waals surface area contributed by atoms with E-state index in [4.69, 9.17) is 0 Å². The number of hydrogen-bond acceptors (Lipinski definition) is 5. The quantitative estimate of drug-likeness (QED) is 0.683. The minimum atomic E-state index is -4.85. The summed E-state index contributed by atoms with van der Waals surface area (Å²) in [5.74, 6) is -1.66. The van der Waals surface area contributed by atoms with Gasteiger partial charge in [-0.25, -0.2) is 14.6 Å². The minimum absolute atomic E-state index is 0.258. The molecule has 156 valence electrons. The predicted octanol–water partition coefficient (Wildman–Crippen LogP) is 3.69. The molecular formula is C20H12F3N5O3. The number of amides is 2. The van der Waals surface area contributed by atoms with Crippen molar-refractivity contribution in [2.75, 3.05) is 16.3 Å². The largest absolute Gasteiger partial charge is 0.478 e. The third kappa shape index (κ3) is 3.38. The summed E-state index contributed by atoms with van der Waals surface area (Å²) in [6, 6.07) is 7.58. The Hall–Kier alpha value is -4.20. The van der Waals surface area contributed by atoms with Crippen LogP contribution in [0.4, 0.5) is 29.3 Å². The number of carboxylic acid groups (broad SMARTS) is 1. The van der Waals surface area contributed by atoms with Gasteiger partial charge in [0.1, 0.15) is 11.7 Å². The molecule has 0 aliphatic carbocycles. The van der Waals surface area contributed by atoms with Crippen molar-refractivity contribution < 1.29 is 27.9 Å². The molecule has 3 aromatic rings. The highest BCUT2D eigenvalue weighted by Crippen LogP contribution is 2.36. The van der Waals surface area contributed by atoms with Gasteiger partial charge in [0.05, 0.1) is 41.9 Å². The van der Waals surface area contributed by atoms with Crippen molar-refractivity contribution in [2.45, 2.75) is 12.2 Å². The first kappa shape index (κ1) is 20.1. The average molecular weight is 427 g/mol. The molecule has 0 spiro atoms. The van der Waals surface area contributed by atoms with Crippen LogP contribution in [0, 0.1) is 11.3 Å². The van der Waals surface area contributed by atoms with E-state index in [2.05, 4.69) is 9.97 Å². The molecular weight excluding hydrogens is 415 g/mol. The lowest BCUT2D eigenvalue weighted by Gasteiger charge is -2.21. The molecule has 1 saturated heterocycles. The van der Waals surface area contributed by atoms with Crippen LogP contribution in [0.15, 0.2) is 48.9 Å². The lowest BCUT2D eigenvalue weighted by atomic mass is 10.1. The van der Waals surface area contributed by atoms with Crippen LogP contribution in [0.2, 0.25) is 0 Å². The molecule has 2 aromatic heterocycles. The van der Waals surface area contributed by atoms with Crippen LogP contribution < -0.4 is 9.80 Å². The van der Waals surface area contributed by atoms with Crippen LogP contribution in [0.1, 0.15) is 16.1 Å². The zero-order valence-corrected chi connectivity index (χ0v) is 15.5. The highest BCUT2D eigenvalue weighted by atomic mass is 19.4. The smallest absolute Gasteiger partial charge is 0.433 e. The van der Waals surface area contributed by atoms with Gasteiger partial charge in [0.2, 0.25) is 0 Å². The van der Waals surface area contributed by atoms with Crippen LogP contribution in [0.3, 0.4) is 0 Å². The van der Waals surface area contributed by atoms with Crippen molar-refractivity contribution in [1.82, 2.24) is 9.97 Å². The van der Waals surface area contributed by atoms with E-state index in [0.717, 1.165) is 9.80 Å². The van der Waals surface area contributed by atoms with E-state index in [1.165, 1.54) is 6.20 Å². The number of halogens is 3. The van der Waals surface area contributed by atoms with Gasteiger partial charge in [-0.05, 0) is 6.07 Å². The topological polar surface area (TPSA) is 110 Å². The fourth-order valence-electron chi connectivity index (χ4n) is 3.45. The number of anilines is 2. The number of nitriles is 1. The molecule has 1 aliphatic heterocycles. The zero-order valence-electron chi connectivity index (χ0n) is 15.5. The highest BCUT2D eigenvalue weighted by Gasteiger charge is 2.42. The van der Waals surface area contributed by atoms with E-state index in [0.29, 0.717) is 28.7 Å². The summed E-state index contributed by atoms with van der Waals surface area (Å²) in [6.45, 7) is -0.258. The van der Waals surface area contributed by atoms with E-state index >= 15 is 0 Å². The third-order valence-electron chi connectivity index (χ3n) is 4.85. The molecule has 0 radical (unpaired) electrons. The fourth-order valence-corrected chi connectivity index (χ4v) is 3.45. The number of aromatic nitrogens is 2. The van der Waals surface area contributed by atoms with E-state index in [1.54, 1.807) is 30.5 Å². The number of nitrogens with zero attached hydrogens (tertiary/aromatic N) is 5. The van der Waals surface area contributed by atoms with Crippen molar-refractivity contribution >= 4 is 34.1 Å². The molecule has 1 atom stereocenters. The van der Waals surface area contributed by atoms with E-state index in [1.807, 2.05) is 6.07 Å². The Morgan fingerprint density at radius 1 is 1.19 bits per heavy atom. The van der Waals surface area contributed by atoms with Gasteiger partial charge >= 0.3 is 18.2 Å². The van der Waals surface area contributed by atoms with Crippen molar-refractivity contribution in [3.63, 3.8) is 0 Å². The predicted molar refractivity (Wildman–Crippen MR) is 103 cm³/mol. The number of pyridine rings is 2. The summed E-state index contributed by atoms with van der Waals surface area (Å²) in [5, 5.41) is 20.4. The lowest BCUT2D eigenvalue weighted by Crippen LogP contribution is -2.35. The number of carbonyl (C=O) groups is 2. The summed E-state index contributed by atoms with van der Waals surface area (Å²) in [4.78, 5) is 34.3. The zero-order chi connectivity index (χ0) is 22.3. The van der Waals surface area contributed by atoms with Gasteiger partial charge in [0, 0.05) is 17.0 Å². The molecule has 2 amide bonds. The number of rotatable bonds is 3. The molecule has 1 fully saturated rings. The van der Waals surface area contributed by atoms with Crippen LogP contribution in [0.5, 0.6) is 0 Å². The Kier molecular flexibility index (Phi) is 4.69. The number of hydrogen-bond donors (Lipinski definition) is 1.